The minimum Gasteiger partial charge on any atom is -0.267 e. The maximum absolute atomic E-state index is 13.4. The second-order valence-corrected chi connectivity index (χ2v) is 4.58. The highest BCUT2D eigenvalue weighted by atomic mass is 19.2. The molecule has 3 rings (SSSR count). The zero-order valence-electron chi connectivity index (χ0n) is 10.6. The fourth-order valence-corrected chi connectivity index (χ4v) is 2.09. The molecule has 0 bridgehead atoms. The zero-order chi connectivity index (χ0) is 14.3. The van der Waals surface area contributed by atoms with E-state index in [1.807, 2.05) is 31.2 Å². The van der Waals surface area contributed by atoms with E-state index in [9.17, 15) is 13.6 Å². The number of nitrogens with one attached hydrogen (secondary N) is 1. The van der Waals surface area contributed by atoms with Gasteiger partial charge in [0.25, 0.3) is 5.56 Å². The molecular weight excluding hydrogens is 262 g/mol. The Morgan fingerprint density at radius 1 is 1.00 bits per heavy atom. The normalized spacial score (nSPS) is 10.9. The highest BCUT2D eigenvalue weighted by Crippen LogP contribution is 2.26. The number of nitrogens with zero attached hydrogens (tertiary/aromatic N) is 1. The molecule has 3 aromatic rings. The summed E-state index contributed by atoms with van der Waals surface area (Å²) in [5, 5.41) is 6.63. The maximum atomic E-state index is 13.4. The molecule has 0 fully saturated rings. The van der Waals surface area contributed by atoms with Gasteiger partial charge >= 0.3 is 0 Å². The van der Waals surface area contributed by atoms with Crippen LogP contribution in [0.15, 0.2) is 41.2 Å². The van der Waals surface area contributed by atoms with Gasteiger partial charge < -0.3 is 0 Å². The number of aromatic nitrogens is 2. The summed E-state index contributed by atoms with van der Waals surface area (Å²) in [6.45, 7) is 1.94. The van der Waals surface area contributed by atoms with E-state index < -0.39 is 17.2 Å². The summed E-state index contributed by atoms with van der Waals surface area (Å²) in [4.78, 5) is 11.7. The first-order valence-corrected chi connectivity index (χ1v) is 6.01. The molecule has 100 valence electrons. The van der Waals surface area contributed by atoms with Crippen LogP contribution in [0.3, 0.4) is 0 Å². The Hall–Kier alpha value is -2.56. The molecule has 1 heterocycles. The van der Waals surface area contributed by atoms with Gasteiger partial charge in [-0.15, -0.1) is 0 Å². The third kappa shape index (κ3) is 1.97. The molecule has 0 spiro atoms. The van der Waals surface area contributed by atoms with Crippen molar-refractivity contribution in [3.05, 3.63) is 63.9 Å². The van der Waals surface area contributed by atoms with Crippen LogP contribution in [-0.2, 0) is 0 Å². The van der Waals surface area contributed by atoms with Crippen LogP contribution in [0, 0.1) is 18.6 Å². The van der Waals surface area contributed by atoms with Crippen molar-refractivity contribution in [2.24, 2.45) is 0 Å². The van der Waals surface area contributed by atoms with Crippen LogP contribution in [-0.4, -0.2) is 10.2 Å². The second-order valence-electron chi connectivity index (χ2n) is 4.58. The molecule has 0 aliphatic heterocycles. The van der Waals surface area contributed by atoms with Crippen LogP contribution in [0.2, 0.25) is 0 Å². The quantitative estimate of drug-likeness (QED) is 0.739. The molecule has 0 radical (unpaired) electrons. The molecule has 0 saturated carbocycles. The van der Waals surface area contributed by atoms with Crippen LogP contribution >= 0.6 is 0 Å². The van der Waals surface area contributed by atoms with Crippen molar-refractivity contribution in [3.63, 3.8) is 0 Å². The molecule has 2 aromatic carbocycles. The third-order valence-corrected chi connectivity index (χ3v) is 3.15. The topological polar surface area (TPSA) is 45.8 Å². The molecule has 3 nitrogen and oxygen atoms in total. The van der Waals surface area contributed by atoms with E-state index in [4.69, 9.17) is 0 Å². The third-order valence-electron chi connectivity index (χ3n) is 3.15. The Bertz CT molecular complexity index is 854. The largest absolute Gasteiger partial charge is 0.272 e. The van der Waals surface area contributed by atoms with Crippen molar-refractivity contribution in [2.75, 3.05) is 0 Å². The first-order chi connectivity index (χ1) is 9.56. The lowest BCUT2D eigenvalue weighted by molar-refractivity contribution is 0.511. The minimum absolute atomic E-state index is 0.0782. The smallest absolute Gasteiger partial charge is 0.267 e. The standard InChI is InChI=1S/C15H10F2N2O/c1-8-2-4-9(5-3-8)14-10-6-12(16)13(17)7-11(10)15(20)19-18-14/h2-7H,1H3,(H,19,20). The van der Waals surface area contributed by atoms with Crippen LogP contribution in [0.1, 0.15) is 5.56 Å². The Labute approximate surface area is 112 Å². The van der Waals surface area contributed by atoms with Crippen molar-refractivity contribution >= 4 is 10.8 Å². The number of aryl methyl sites for hydroxylation is 1. The molecule has 0 unspecified atom stereocenters. The summed E-state index contributed by atoms with van der Waals surface area (Å²) >= 11 is 0. The molecule has 1 N–H and O–H groups in total. The van der Waals surface area contributed by atoms with E-state index in [2.05, 4.69) is 10.2 Å². The highest BCUT2D eigenvalue weighted by molar-refractivity contribution is 5.93. The van der Waals surface area contributed by atoms with Crippen molar-refractivity contribution < 1.29 is 8.78 Å². The van der Waals surface area contributed by atoms with Gasteiger partial charge in [0.1, 0.15) is 0 Å². The Balaban J connectivity index is 2.37. The van der Waals surface area contributed by atoms with Gasteiger partial charge in [-0.2, -0.15) is 5.10 Å². The van der Waals surface area contributed by atoms with Gasteiger partial charge in [0.15, 0.2) is 11.6 Å². The summed E-state index contributed by atoms with van der Waals surface area (Å²) in [7, 11) is 0. The van der Waals surface area contributed by atoms with Crippen LogP contribution in [0.4, 0.5) is 8.78 Å². The molecule has 20 heavy (non-hydrogen) atoms. The molecular formula is C15H10F2N2O. The fraction of sp³-hybridized carbons (Fsp3) is 0.0667. The van der Waals surface area contributed by atoms with E-state index in [0.717, 1.165) is 23.3 Å². The maximum Gasteiger partial charge on any atom is 0.272 e. The molecule has 0 aliphatic carbocycles. The van der Waals surface area contributed by atoms with Crippen molar-refractivity contribution in [2.45, 2.75) is 6.92 Å². The highest BCUT2D eigenvalue weighted by Gasteiger charge is 2.12. The number of benzene rings is 2. The van der Waals surface area contributed by atoms with Crippen molar-refractivity contribution in [3.8, 4) is 11.3 Å². The Morgan fingerprint density at radius 2 is 1.60 bits per heavy atom. The van der Waals surface area contributed by atoms with Crippen LogP contribution in [0.25, 0.3) is 22.0 Å². The van der Waals surface area contributed by atoms with Gasteiger partial charge in [0.05, 0.1) is 11.1 Å². The summed E-state index contributed by atoms with van der Waals surface area (Å²) in [6.07, 6.45) is 0. The van der Waals surface area contributed by atoms with E-state index in [0.29, 0.717) is 5.69 Å². The van der Waals surface area contributed by atoms with Gasteiger partial charge in [-0.05, 0) is 19.1 Å². The van der Waals surface area contributed by atoms with Gasteiger partial charge in [-0.1, -0.05) is 29.8 Å². The fourth-order valence-electron chi connectivity index (χ4n) is 2.09. The van der Waals surface area contributed by atoms with Gasteiger partial charge in [-0.3, -0.25) is 4.79 Å². The molecule has 0 amide bonds. The number of H-pyrrole nitrogens is 1. The summed E-state index contributed by atoms with van der Waals surface area (Å²) in [5.74, 6) is -2.05. The lowest BCUT2D eigenvalue weighted by atomic mass is 10.0. The lowest BCUT2D eigenvalue weighted by Gasteiger charge is -2.06. The van der Waals surface area contributed by atoms with E-state index in [-0.39, 0.29) is 10.8 Å². The van der Waals surface area contributed by atoms with Crippen molar-refractivity contribution in [1.82, 2.24) is 10.2 Å². The second kappa shape index (κ2) is 4.52. The number of fused-ring (bicyclic) bond motifs is 1. The van der Waals surface area contributed by atoms with Crippen LogP contribution in [0.5, 0.6) is 0 Å². The predicted molar refractivity (Wildman–Crippen MR) is 72.5 cm³/mol. The van der Waals surface area contributed by atoms with E-state index in [1.165, 1.54) is 0 Å². The number of hydrogen-bond acceptors (Lipinski definition) is 2. The SMILES string of the molecule is Cc1ccc(-c2n[nH]c(=O)c3cc(F)c(F)cc23)cc1. The first kappa shape index (κ1) is 12.5. The number of halogens is 2. The predicted octanol–water partition coefficient (Wildman–Crippen LogP) is 3.18. The summed E-state index contributed by atoms with van der Waals surface area (Å²) < 4.78 is 26.7. The average molecular weight is 272 g/mol. The summed E-state index contributed by atoms with van der Waals surface area (Å²) in [5.41, 5.74) is 1.66. The molecule has 5 heteroatoms. The molecule has 1 aromatic heterocycles. The van der Waals surface area contributed by atoms with Gasteiger partial charge in [-0.25, -0.2) is 13.9 Å². The average Bonchev–Trinajstić information content (AvgIpc) is 2.43. The van der Waals surface area contributed by atoms with Crippen molar-refractivity contribution in [1.29, 1.82) is 0 Å². The number of hydrogen-bond donors (Lipinski definition) is 1. The number of aromatic amines is 1. The lowest BCUT2D eigenvalue weighted by Crippen LogP contribution is -2.10. The molecule has 0 saturated heterocycles. The summed E-state index contributed by atoms with van der Waals surface area (Å²) in [6, 6.07) is 9.29. The monoisotopic (exact) mass is 272 g/mol. The number of rotatable bonds is 1. The van der Waals surface area contributed by atoms with Gasteiger partial charge in [0.2, 0.25) is 0 Å². The Morgan fingerprint density at radius 3 is 2.25 bits per heavy atom. The minimum atomic E-state index is -1.05. The van der Waals surface area contributed by atoms with E-state index in [1.54, 1.807) is 0 Å². The Kier molecular flexibility index (Phi) is 2.82. The first-order valence-electron chi connectivity index (χ1n) is 6.01. The molecule has 0 aliphatic rings. The van der Waals surface area contributed by atoms with Gasteiger partial charge in [0, 0.05) is 10.9 Å². The molecule has 0 atom stereocenters. The van der Waals surface area contributed by atoms with Crippen LogP contribution < -0.4 is 5.56 Å². The zero-order valence-corrected chi connectivity index (χ0v) is 10.6. The van der Waals surface area contributed by atoms with E-state index >= 15 is 0 Å².